The highest BCUT2D eigenvalue weighted by Crippen LogP contribution is 2.42. The topological polar surface area (TPSA) is 17.1 Å². The maximum absolute atomic E-state index is 11.2. The number of carbonyl (C=O) groups is 1. The zero-order valence-corrected chi connectivity index (χ0v) is 6.26. The van der Waals surface area contributed by atoms with E-state index in [9.17, 15) is 4.79 Å². The maximum Gasteiger partial charge on any atom is 0.140 e. The second kappa shape index (κ2) is 1.71. The van der Waals surface area contributed by atoms with Crippen LogP contribution in [0.3, 0.4) is 0 Å². The molecule has 2 atom stereocenters. The van der Waals surface area contributed by atoms with Crippen molar-refractivity contribution in [2.75, 3.05) is 0 Å². The molecule has 54 valence electrons. The normalized spacial score (nSPS) is 44.5. The fourth-order valence-corrected chi connectivity index (χ4v) is 1.96. The van der Waals surface area contributed by atoms with Gasteiger partial charge in [0, 0.05) is 12.3 Å². The van der Waals surface area contributed by atoms with Crippen LogP contribution in [-0.2, 0) is 4.79 Å². The Balaban J connectivity index is 2.36. The van der Waals surface area contributed by atoms with Gasteiger partial charge in [-0.05, 0) is 18.3 Å². The van der Waals surface area contributed by atoms with Crippen molar-refractivity contribution in [1.82, 2.24) is 0 Å². The van der Waals surface area contributed by atoms with Gasteiger partial charge in [-0.25, -0.2) is 0 Å². The third kappa shape index (κ3) is 0.731. The highest BCUT2D eigenvalue weighted by Gasteiger charge is 2.37. The first kappa shape index (κ1) is 6.14. The van der Waals surface area contributed by atoms with Crippen LogP contribution in [0.5, 0.6) is 0 Å². The van der Waals surface area contributed by atoms with E-state index in [0.29, 0.717) is 5.78 Å². The number of Topliss-reactive ketones (excluding diaryl/α,β-unsaturated/α-hetero) is 1. The number of hydrogen-bond donors (Lipinski definition) is 0. The molecule has 1 fully saturated rings. The van der Waals surface area contributed by atoms with E-state index in [0.717, 1.165) is 12.8 Å². The Morgan fingerprint density at radius 1 is 1.70 bits per heavy atom. The molecular formula is C9H12O. The van der Waals surface area contributed by atoms with Crippen molar-refractivity contribution in [3.63, 3.8) is 0 Å². The number of carbonyl (C=O) groups excluding carboxylic acids is 1. The molecule has 0 radical (unpaired) electrons. The van der Waals surface area contributed by atoms with Crippen molar-refractivity contribution in [3.8, 4) is 0 Å². The average molecular weight is 136 g/mol. The average Bonchev–Trinajstić information content (AvgIpc) is 1.87. The molecule has 0 aliphatic heterocycles. The van der Waals surface area contributed by atoms with Crippen LogP contribution in [0.1, 0.15) is 26.2 Å². The van der Waals surface area contributed by atoms with Crippen LogP contribution < -0.4 is 0 Å². The van der Waals surface area contributed by atoms with E-state index in [1.165, 1.54) is 6.42 Å². The fourth-order valence-electron chi connectivity index (χ4n) is 1.96. The Labute approximate surface area is 61.1 Å². The SMILES string of the molecule is CC12C=C[C@H](CC1)C(=O)C2. The lowest BCUT2D eigenvalue weighted by molar-refractivity contribution is -0.126. The van der Waals surface area contributed by atoms with E-state index in [1.54, 1.807) is 0 Å². The molecule has 0 saturated heterocycles. The van der Waals surface area contributed by atoms with Gasteiger partial charge in [-0.15, -0.1) is 0 Å². The van der Waals surface area contributed by atoms with E-state index < -0.39 is 0 Å². The fraction of sp³-hybridized carbons (Fsp3) is 0.667. The van der Waals surface area contributed by atoms with Crippen molar-refractivity contribution in [3.05, 3.63) is 12.2 Å². The van der Waals surface area contributed by atoms with Gasteiger partial charge in [0.2, 0.25) is 0 Å². The van der Waals surface area contributed by atoms with Crippen molar-refractivity contribution in [1.29, 1.82) is 0 Å². The van der Waals surface area contributed by atoms with Gasteiger partial charge < -0.3 is 0 Å². The smallest absolute Gasteiger partial charge is 0.140 e. The predicted molar refractivity (Wildman–Crippen MR) is 39.6 cm³/mol. The minimum atomic E-state index is 0.228. The molecule has 0 heterocycles. The van der Waals surface area contributed by atoms with Crippen molar-refractivity contribution >= 4 is 5.78 Å². The van der Waals surface area contributed by atoms with Crippen LogP contribution in [0.4, 0.5) is 0 Å². The third-order valence-electron chi connectivity index (χ3n) is 2.75. The summed E-state index contributed by atoms with van der Waals surface area (Å²) in [6.45, 7) is 2.18. The summed E-state index contributed by atoms with van der Waals surface area (Å²) >= 11 is 0. The molecule has 3 aliphatic carbocycles. The van der Waals surface area contributed by atoms with Crippen molar-refractivity contribution in [2.24, 2.45) is 11.3 Å². The highest BCUT2D eigenvalue weighted by atomic mass is 16.1. The van der Waals surface area contributed by atoms with Crippen LogP contribution in [0.25, 0.3) is 0 Å². The lowest BCUT2D eigenvalue weighted by Crippen LogP contribution is -2.34. The molecule has 0 spiro atoms. The van der Waals surface area contributed by atoms with Crippen LogP contribution in [-0.4, -0.2) is 5.78 Å². The molecule has 2 bridgehead atoms. The summed E-state index contributed by atoms with van der Waals surface area (Å²) in [5.41, 5.74) is 0.228. The summed E-state index contributed by atoms with van der Waals surface area (Å²) in [5.74, 6) is 0.734. The predicted octanol–water partition coefficient (Wildman–Crippen LogP) is 1.93. The maximum atomic E-state index is 11.2. The van der Waals surface area contributed by atoms with Crippen LogP contribution in [0.2, 0.25) is 0 Å². The number of allylic oxidation sites excluding steroid dienone is 2. The quantitative estimate of drug-likeness (QED) is 0.465. The van der Waals surface area contributed by atoms with E-state index >= 15 is 0 Å². The molecule has 10 heavy (non-hydrogen) atoms. The molecule has 0 N–H and O–H groups in total. The lowest BCUT2D eigenvalue weighted by Gasteiger charge is -2.37. The molecular weight excluding hydrogens is 124 g/mol. The summed E-state index contributed by atoms with van der Waals surface area (Å²) in [4.78, 5) is 11.2. The molecule has 0 amide bonds. The van der Waals surface area contributed by atoms with Gasteiger partial charge in [-0.1, -0.05) is 19.1 Å². The standard InChI is InChI=1S/C9H12O/c1-9-4-2-7(3-5-9)8(10)6-9/h2,4,7H,3,5-6H2,1H3/t7-,9?/m1/s1. The summed E-state index contributed by atoms with van der Waals surface area (Å²) < 4.78 is 0. The number of hydrogen-bond acceptors (Lipinski definition) is 1. The Morgan fingerprint density at radius 2 is 2.50 bits per heavy atom. The third-order valence-corrected chi connectivity index (χ3v) is 2.75. The van der Waals surface area contributed by atoms with Crippen LogP contribution >= 0.6 is 0 Å². The molecule has 1 heteroatoms. The van der Waals surface area contributed by atoms with E-state index in [2.05, 4.69) is 19.1 Å². The van der Waals surface area contributed by atoms with Gasteiger partial charge >= 0.3 is 0 Å². The number of fused-ring (bicyclic) bond motifs is 2. The first-order valence-corrected chi connectivity index (χ1v) is 3.92. The van der Waals surface area contributed by atoms with Crippen molar-refractivity contribution < 1.29 is 4.79 Å². The highest BCUT2D eigenvalue weighted by molar-refractivity contribution is 5.85. The van der Waals surface area contributed by atoms with Gasteiger partial charge in [-0.2, -0.15) is 0 Å². The van der Waals surface area contributed by atoms with Crippen molar-refractivity contribution in [2.45, 2.75) is 26.2 Å². The van der Waals surface area contributed by atoms with Gasteiger partial charge in [-0.3, -0.25) is 4.79 Å². The Bertz CT molecular complexity index is 205. The van der Waals surface area contributed by atoms with Gasteiger partial charge in [0.05, 0.1) is 0 Å². The van der Waals surface area contributed by atoms with Crippen LogP contribution in [0.15, 0.2) is 12.2 Å². The van der Waals surface area contributed by atoms with E-state index in [4.69, 9.17) is 0 Å². The zero-order chi connectivity index (χ0) is 7.19. The Morgan fingerprint density at radius 3 is 2.80 bits per heavy atom. The Kier molecular flexibility index (Phi) is 1.05. The van der Waals surface area contributed by atoms with Gasteiger partial charge in [0.25, 0.3) is 0 Å². The molecule has 1 nitrogen and oxygen atoms in total. The summed E-state index contributed by atoms with van der Waals surface area (Å²) in [7, 11) is 0. The van der Waals surface area contributed by atoms with E-state index in [1.807, 2.05) is 0 Å². The summed E-state index contributed by atoms with van der Waals surface area (Å²) in [5, 5.41) is 0. The Hall–Kier alpha value is -0.590. The molecule has 0 aromatic rings. The molecule has 3 aliphatic rings. The number of rotatable bonds is 0. The summed E-state index contributed by atoms with van der Waals surface area (Å²) in [6.07, 6.45) is 7.40. The second-order valence-electron chi connectivity index (χ2n) is 3.80. The zero-order valence-electron chi connectivity index (χ0n) is 6.26. The molecule has 1 unspecified atom stereocenters. The first-order chi connectivity index (χ1) is 4.70. The summed E-state index contributed by atoms with van der Waals surface area (Å²) in [6, 6.07) is 0. The monoisotopic (exact) mass is 136 g/mol. The van der Waals surface area contributed by atoms with Crippen LogP contribution in [0, 0.1) is 11.3 Å². The minimum Gasteiger partial charge on any atom is -0.299 e. The van der Waals surface area contributed by atoms with Gasteiger partial charge in [0.15, 0.2) is 0 Å². The second-order valence-corrected chi connectivity index (χ2v) is 3.80. The first-order valence-electron chi connectivity index (χ1n) is 3.92. The minimum absolute atomic E-state index is 0.228. The largest absolute Gasteiger partial charge is 0.299 e. The molecule has 1 saturated carbocycles. The number of ketones is 1. The molecule has 0 aromatic carbocycles. The molecule has 3 rings (SSSR count). The lowest BCUT2D eigenvalue weighted by atomic mass is 9.66. The van der Waals surface area contributed by atoms with Gasteiger partial charge in [0.1, 0.15) is 5.78 Å². The molecule has 0 aromatic heterocycles. The van der Waals surface area contributed by atoms with E-state index in [-0.39, 0.29) is 11.3 Å².